The van der Waals surface area contributed by atoms with Crippen LogP contribution >= 0.6 is 12.4 Å². The number of aromatic nitrogens is 2. The van der Waals surface area contributed by atoms with Crippen LogP contribution < -0.4 is 15.6 Å². The Balaban J connectivity index is 0.00000192. The van der Waals surface area contributed by atoms with E-state index in [-0.39, 0.29) is 24.0 Å². The molecule has 6 heteroatoms. The van der Waals surface area contributed by atoms with E-state index in [0.717, 1.165) is 13.1 Å². The van der Waals surface area contributed by atoms with Gasteiger partial charge in [0.15, 0.2) is 0 Å². The van der Waals surface area contributed by atoms with Crippen LogP contribution in [0.1, 0.15) is 32.6 Å². The lowest BCUT2D eigenvalue weighted by Crippen LogP contribution is -2.32. The summed E-state index contributed by atoms with van der Waals surface area (Å²) in [6, 6.07) is 7.55. The first-order valence-electron chi connectivity index (χ1n) is 7.99. The second-order valence-electron chi connectivity index (χ2n) is 6.43. The molecule has 0 bridgehead atoms. The molecule has 1 aliphatic rings. The average Bonchev–Trinajstić information content (AvgIpc) is 2.94. The van der Waals surface area contributed by atoms with Crippen molar-refractivity contribution in [1.29, 1.82) is 0 Å². The molecule has 23 heavy (non-hydrogen) atoms. The van der Waals surface area contributed by atoms with Crippen LogP contribution in [0.15, 0.2) is 29.1 Å². The Kier molecular flexibility index (Phi) is 6.02. The van der Waals surface area contributed by atoms with Gasteiger partial charge in [-0.2, -0.15) is 4.98 Å². The van der Waals surface area contributed by atoms with E-state index in [1.807, 2.05) is 18.2 Å². The van der Waals surface area contributed by atoms with Gasteiger partial charge in [-0.3, -0.25) is 9.78 Å². The minimum atomic E-state index is -0.160. The van der Waals surface area contributed by atoms with Crippen molar-refractivity contribution in [3.63, 3.8) is 0 Å². The minimum Gasteiger partial charge on any atom is -0.463 e. The molecule has 0 atom stereocenters. The molecule has 1 aliphatic carbocycles. The summed E-state index contributed by atoms with van der Waals surface area (Å²) < 4.78 is 5.56. The zero-order valence-corrected chi connectivity index (χ0v) is 14.2. The lowest BCUT2D eigenvalue weighted by Gasteiger charge is -2.23. The Hall–Kier alpha value is -1.59. The maximum Gasteiger partial charge on any atom is 0.297 e. The molecule has 0 amide bonds. The van der Waals surface area contributed by atoms with E-state index in [9.17, 15) is 4.79 Å². The zero-order valence-electron chi connectivity index (χ0n) is 13.4. The fourth-order valence-corrected chi connectivity index (χ4v) is 3.15. The summed E-state index contributed by atoms with van der Waals surface area (Å²) in [6.45, 7) is 4.62. The highest BCUT2D eigenvalue weighted by atomic mass is 35.5. The number of fused-ring (bicyclic) bond motifs is 1. The Labute approximate surface area is 142 Å². The highest BCUT2D eigenvalue weighted by Crippen LogP contribution is 2.36. The van der Waals surface area contributed by atoms with E-state index in [2.05, 4.69) is 22.2 Å². The maximum absolute atomic E-state index is 11.9. The Morgan fingerprint density at radius 3 is 2.83 bits per heavy atom. The van der Waals surface area contributed by atoms with Gasteiger partial charge in [-0.15, -0.1) is 12.4 Å². The number of H-pyrrole nitrogens is 1. The van der Waals surface area contributed by atoms with Gasteiger partial charge in [-0.05, 0) is 30.4 Å². The fourth-order valence-electron chi connectivity index (χ4n) is 3.15. The number of benzene rings is 1. The molecule has 0 saturated heterocycles. The van der Waals surface area contributed by atoms with Gasteiger partial charge in [-0.25, -0.2) is 0 Å². The van der Waals surface area contributed by atoms with E-state index in [1.54, 1.807) is 6.07 Å². The van der Waals surface area contributed by atoms with Gasteiger partial charge in [0.2, 0.25) is 0 Å². The van der Waals surface area contributed by atoms with Gasteiger partial charge in [0, 0.05) is 13.1 Å². The number of ether oxygens (including phenoxy) is 1. The van der Waals surface area contributed by atoms with Gasteiger partial charge in [0.25, 0.3) is 11.6 Å². The van der Waals surface area contributed by atoms with E-state index < -0.39 is 0 Å². The predicted molar refractivity (Wildman–Crippen MR) is 94.6 cm³/mol. The molecule has 3 rings (SSSR count). The first-order chi connectivity index (χ1) is 10.7. The molecule has 2 N–H and O–H groups in total. The van der Waals surface area contributed by atoms with Crippen LogP contribution in [0.3, 0.4) is 0 Å². The molecule has 0 unspecified atom stereocenters. The average molecular weight is 338 g/mol. The number of rotatable bonds is 6. The number of para-hydroxylation sites is 1. The Morgan fingerprint density at radius 2 is 2.04 bits per heavy atom. The van der Waals surface area contributed by atoms with Crippen molar-refractivity contribution in [2.24, 2.45) is 5.41 Å². The molecule has 2 aromatic rings. The number of hydrogen-bond acceptors (Lipinski definition) is 4. The second kappa shape index (κ2) is 7.79. The van der Waals surface area contributed by atoms with Crippen LogP contribution in [0.5, 0.6) is 6.01 Å². The third-order valence-electron chi connectivity index (χ3n) is 4.47. The van der Waals surface area contributed by atoms with Crippen LogP contribution in [-0.4, -0.2) is 29.7 Å². The molecular formula is C17H24ClN3O2. The van der Waals surface area contributed by atoms with Gasteiger partial charge < -0.3 is 10.1 Å². The van der Waals surface area contributed by atoms with Crippen molar-refractivity contribution in [1.82, 2.24) is 15.3 Å². The molecule has 1 aromatic carbocycles. The van der Waals surface area contributed by atoms with Crippen LogP contribution in [0.25, 0.3) is 10.9 Å². The maximum atomic E-state index is 11.9. The summed E-state index contributed by atoms with van der Waals surface area (Å²) in [7, 11) is 0. The van der Waals surface area contributed by atoms with Gasteiger partial charge >= 0.3 is 0 Å². The molecule has 0 aliphatic heterocycles. The smallest absolute Gasteiger partial charge is 0.297 e. The normalized spacial score (nSPS) is 16.2. The van der Waals surface area contributed by atoms with Crippen molar-refractivity contribution in [3.8, 4) is 6.01 Å². The number of nitrogens with one attached hydrogen (secondary N) is 2. The van der Waals surface area contributed by atoms with Crippen LogP contribution in [0.4, 0.5) is 0 Å². The van der Waals surface area contributed by atoms with Crippen molar-refractivity contribution < 1.29 is 4.74 Å². The van der Waals surface area contributed by atoms with Gasteiger partial charge in [0.05, 0.1) is 10.9 Å². The molecule has 126 valence electrons. The summed E-state index contributed by atoms with van der Waals surface area (Å²) in [4.78, 5) is 18.9. The van der Waals surface area contributed by atoms with E-state index in [0.29, 0.717) is 22.9 Å². The van der Waals surface area contributed by atoms with Crippen molar-refractivity contribution >= 4 is 23.3 Å². The summed E-state index contributed by atoms with van der Waals surface area (Å²) in [6.07, 6.45) is 5.30. The molecule has 0 radical (unpaired) electrons. The van der Waals surface area contributed by atoms with E-state index in [1.165, 1.54) is 25.7 Å². The SMILES string of the molecule is CC1(CNCCOc2nc3ccccc3c(=O)[nH]2)CCCC1.Cl. The quantitative estimate of drug-likeness (QED) is 0.795. The zero-order chi connectivity index (χ0) is 15.4. The number of halogens is 1. The van der Waals surface area contributed by atoms with Crippen molar-refractivity contribution in [3.05, 3.63) is 34.6 Å². The highest BCUT2D eigenvalue weighted by Gasteiger charge is 2.27. The van der Waals surface area contributed by atoms with Crippen LogP contribution in [-0.2, 0) is 0 Å². The largest absolute Gasteiger partial charge is 0.463 e. The summed E-state index contributed by atoms with van der Waals surface area (Å²) in [5.41, 5.74) is 0.940. The second-order valence-corrected chi connectivity index (χ2v) is 6.43. The fraction of sp³-hybridized carbons (Fsp3) is 0.529. The topological polar surface area (TPSA) is 67.0 Å². The lowest BCUT2D eigenvalue weighted by atomic mass is 9.89. The third kappa shape index (κ3) is 4.45. The summed E-state index contributed by atoms with van der Waals surface area (Å²) >= 11 is 0. The van der Waals surface area contributed by atoms with E-state index >= 15 is 0 Å². The first kappa shape index (κ1) is 17.8. The van der Waals surface area contributed by atoms with Crippen LogP contribution in [0, 0.1) is 5.41 Å². The summed E-state index contributed by atoms with van der Waals surface area (Å²) in [5, 5.41) is 4.03. The monoisotopic (exact) mass is 337 g/mol. The van der Waals surface area contributed by atoms with Crippen molar-refractivity contribution in [2.45, 2.75) is 32.6 Å². The molecule has 5 nitrogen and oxygen atoms in total. The third-order valence-corrected chi connectivity index (χ3v) is 4.47. The van der Waals surface area contributed by atoms with Gasteiger partial charge in [-0.1, -0.05) is 31.9 Å². The predicted octanol–water partition coefficient (Wildman–Crippen LogP) is 2.89. The molecule has 1 saturated carbocycles. The molecule has 1 heterocycles. The van der Waals surface area contributed by atoms with E-state index in [4.69, 9.17) is 4.74 Å². The molecular weight excluding hydrogens is 314 g/mol. The lowest BCUT2D eigenvalue weighted by molar-refractivity contribution is 0.266. The Morgan fingerprint density at radius 1 is 1.30 bits per heavy atom. The molecule has 1 fully saturated rings. The minimum absolute atomic E-state index is 0. The number of nitrogens with zero attached hydrogens (tertiary/aromatic N) is 1. The number of hydrogen-bond donors (Lipinski definition) is 2. The van der Waals surface area contributed by atoms with Crippen molar-refractivity contribution in [2.75, 3.05) is 19.7 Å². The van der Waals surface area contributed by atoms with Crippen LogP contribution in [0.2, 0.25) is 0 Å². The standard InChI is InChI=1S/C17H23N3O2.ClH/c1-17(8-4-5-9-17)12-18-10-11-22-16-19-14-7-3-2-6-13(14)15(21)20-16;/h2-3,6-7,18H,4-5,8-12H2,1H3,(H,19,20,21);1H. The highest BCUT2D eigenvalue weighted by molar-refractivity contribution is 5.85. The molecule has 1 aromatic heterocycles. The first-order valence-corrected chi connectivity index (χ1v) is 7.99. The molecule has 0 spiro atoms. The Bertz CT molecular complexity index is 696. The van der Waals surface area contributed by atoms with Gasteiger partial charge in [0.1, 0.15) is 6.61 Å². The summed E-state index contributed by atoms with van der Waals surface area (Å²) in [5.74, 6) is 0. The number of aromatic amines is 1.